The third-order valence-electron chi connectivity index (χ3n) is 4.00. The number of carbonyl (C=O) groups excluding carboxylic acids is 4. The van der Waals surface area contributed by atoms with Gasteiger partial charge >= 0.3 is 23.9 Å². The van der Waals surface area contributed by atoms with Crippen molar-refractivity contribution >= 4 is 23.9 Å². The van der Waals surface area contributed by atoms with Crippen molar-refractivity contribution in [3.63, 3.8) is 0 Å². The average Bonchev–Trinajstić information content (AvgIpc) is 3.08. The molecule has 0 aromatic heterocycles. The Morgan fingerprint density at radius 1 is 0.808 bits per heavy atom. The molecule has 26 heavy (non-hydrogen) atoms. The topological polar surface area (TPSA) is 105 Å². The fourth-order valence-corrected chi connectivity index (χ4v) is 2.66. The molecule has 1 saturated carbocycles. The van der Waals surface area contributed by atoms with Gasteiger partial charge in [0.15, 0.2) is 0 Å². The summed E-state index contributed by atoms with van der Waals surface area (Å²) in [5.74, 6) is -4.13. The minimum atomic E-state index is -1.39. The highest BCUT2D eigenvalue weighted by Gasteiger charge is 2.42. The van der Waals surface area contributed by atoms with Gasteiger partial charge in [0.25, 0.3) is 5.79 Å². The zero-order valence-corrected chi connectivity index (χ0v) is 14.6. The maximum Gasteiger partial charge on any atom is 0.341 e. The molecule has 0 atom stereocenters. The molecule has 1 aliphatic carbocycles. The molecule has 1 aromatic carbocycles. The van der Waals surface area contributed by atoms with E-state index >= 15 is 0 Å². The lowest BCUT2D eigenvalue weighted by Crippen LogP contribution is -2.38. The highest BCUT2D eigenvalue weighted by molar-refractivity contribution is 5.94. The van der Waals surface area contributed by atoms with Gasteiger partial charge in [-0.2, -0.15) is 0 Å². The molecule has 0 amide bonds. The Morgan fingerprint density at radius 3 is 1.85 bits per heavy atom. The first-order chi connectivity index (χ1) is 12.4. The number of esters is 4. The molecular formula is C18H20O8. The van der Waals surface area contributed by atoms with Gasteiger partial charge in [0.05, 0.1) is 25.3 Å². The molecular weight excluding hydrogens is 344 g/mol. The van der Waals surface area contributed by atoms with Crippen LogP contribution in [0.4, 0.5) is 0 Å². The Labute approximate surface area is 150 Å². The maximum atomic E-state index is 12.4. The summed E-state index contributed by atoms with van der Waals surface area (Å²) >= 11 is 0. The SMILES string of the molecule is COC(=O)CC(=O)OC1(OC(=O)c2ccc(C(=O)OC)cc2)CCCC1. The molecule has 2 rings (SSSR count). The summed E-state index contributed by atoms with van der Waals surface area (Å²) in [6.45, 7) is 0. The van der Waals surface area contributed by atoms with E-state index in [4.69, 9.17) is 9.47 Å². The molecule has 0 unspecified atom stereocenters. The lowest BCUT2D eigenvalue weighted by Gasteiger charge is -2.28. The first kappa shape index (κ1) is 19.4. The van der Waals surface area contributed by atoms with Gasteiger partial charge in [0.2, 0.25) is 0 Å². The van der Waals surface area contributed by atoms with Crippen molar-refractivity contribution < 1.29 is 38.1 Å². The van der Waals surface area contributed by atoms with Crippen molar-refractivity contribution in [1.29, 1.82) is 0 Å². The smallest absolute Gasteiger partial charge is 0.341 e. The molecule has 0 aliphatic heterocycles. The summed E-state index contributed by atoms with van der Waals surface area (Å²) < 4.78 is 19.8. The van der Waals surface area contributed by atoms with Gasteiger partial charge in [-0.15, -0.1) is 0 Å². The van der Waals surface area contributed by atoms with Gasteiger partial charge in [-0.05, 0) is 37.1 Å². The number of rotatable bonds is 6. The average molecular weight is 364 g/mol. The summed E-state index contributed by atoms with van der Waals surface area (Å²) in [7, 11) is 2.43. The zero-order chi connectivity index (χ0) is 19.2. The monoisotopic (exact) mass is 364 g/mol. The molecule has 0 spiro atoms. The molecule has 1 aromatic rings. The maximum absolute atomic E-state index is 12.4. The summed E-state index contributed by atoms with van der Waals surface area (Å²) in [4.78, 5) is 46.9. The molecule has 0 bridgehead atoms. The summed E-state index contributed by atoms with van der Waals surface area (Å²) in [6, 6.07) is 5.72. The first-order valence-electron chi connectivity index (χ1n) is 8.09. The third kappa shape index (κ3) is 4.81. The van der Waals surface area contributed by atoms with E-state index in [2.05, 4.69) is 9.47 Å². The second-order valence-electron chi connectivity index (χ2n) is 5.80. The molecule has 8 nitrogen and oxygen atoms in total. The van der Waals surface area contributed by atoms with Crippen molar-refractivity contribution in [2.24, 2.45) is 0 Å². The van der Waals surface area contributed by atoms with Gasteiger partial charge in [0.1, 0.15) is 6.42 Å². The molecule has 1 aliphatic rings. The van der Waals surface area contributed by atoms with Gasteiger partial charge in [-0.25, -0.2) is 9.59 Å². The summed E-state index contributed by atoms with van der Waals surface area (Å²) in [5.41, 5.74) is 0.497. The van der Waals surface area contributed by atoms with Crippen LogP contribution in [0.3, 0.4) is 0 Å². The van der Waals surface area contributed by atoms with Crippen LogP contribution in [0.5, 0.6) is 0 Å². The molecule has 0 saturated heterocycles. The van der Waals surface area contributed by atoms with Crippen LogP contribution in [-0.2, 0) is 28.5 Å². The van der Waals surface area contributed by atoms with Gasteiger partial charge in [-0.3, -0.25) is 9.59 Å². The van der Waals surface area contributed by atoms with Gasteiger partial charge < -0.3 is 18.9 Å². The Bertz CT molecular complexity index is 686. The second kappa shape index (κ2) is 8.46. The Morgan fingerprint density at radius 2 is 1.35 bits per heavy atom. The zero-order valence-electron chi connectivity index (χ0n) is 14.6. The van der Waals surface area contributed by atoms with Crippen LogP contribution < -0.4 is 0 Å². The Hall–Kier alpha value is -2.90. The first-order valence-corrected chi connectivity index (χ1v) is 8.09. The molecule has 0 radical (unpaired) electrons. The van der Waals surface area contributed by atoms with Gasteiger partial charge in [-0.1, -0.05) is 0 Å². The highest BCUT2D eigenvalue weighted by Crippen LogP contribution is 2.35. The van der Waals surface area contributed by atoms with Crippen molar-refractivity contribution in [3.05, 3.63) is 35.4 Å². The molecule has 0 heterocycles. The van der Waals surface area contributed by atoms with Crippen molar-refractivity contribution in [1.82, 2.24) is 0 Å². The van der Waals surface area contributed by atoms with Crippen molar-refractivity contribution in [3.8, 4) is 0 Å². The van der Waals surface area contributed by atoms with Crippen LogP contribution >= 0.6 is 0 Å². The van der Waals surface area contributed by atoms with Crippen LogP contribution in [0.25, 0.3) is 0 Å². The molecule has 0 N–H and O–H groups in total. The minimum Gasteiger partial charge on any atom is -0.469 e. The Kier molecular flexibility index (Phi) is 6.32. The van der Waals surface area contributed by atoms with Crippen molar-refractivity contribution in [2.45, 2.75) is 37.9 Å². The van der Waals surface area contributed by atoms with E-state index in [1.54, 1.807) is 0 Å². The largest absolute Gasteiger partial charge is 0.469 e. The van der Waals surface area contributed by atoms with E-state index in [-0.39, 0.29) is 5.56 Å². The summed E-state index contributed by atoms with van der Waals surface area (Å²) in [5, 5.41) is 0. The van der Waals surface area contributed by atoms with Crippen LogP contribution in [0.15, 0.2) is 24.3 Å². The van der Waals surface area contributed by atoms with Crippen molar-refractivity contribution in [2.75, 3.05) is 14.2 Å². The highest BCUT2D eigenvalue weighted by atomic mass is 16.7. The van der Waals surface area contributed by atoms with Gasteiger partial charge in [0, 0.05) is 12.8 Å². The fourth-order valence-electron chi connectivity index (χ4n) is 2.66. The van der Waals surface area contributed by atoms with E-state index in [1.807, 2.05) is 0 Å². The van der Waals surface area contributed by atoms with Crippen LogP contribution in [-0.4, -0.2) is 43.9 Å². The predicted molar refractivity (Wildman–Crippen MR) is 87.1 cm³/mol. The van der Waals surface area contributed by atoms with E-state index in [0.29, 0.717) is 18.4 Å². The van der Waals surface area contributed by atoms with E-state index in [1.165, 1.54) is 38.5 Å². The molecule has 8 heteroatoms. The number of carbonyl (C=O) groups is 4. The predicted octanol–water partition coefficient (Wildman–Crippen LogP) is 2.01. The number of ether oxygens (including phenoxy) is 4. The van der Waals surface area contributed by atoms with Crippen LogP contribution in [0.2, 0.25) is 0 Å². The molecule has 140 valence electrons. The lowest BCUT2D eigenvalue weighted by molar-refractivity contribution is -0.207. The standard InChI is InChI=1S/C18H20O8/c1-23-14(19)11-15(20)25-18(9-3-4-10-18)26-17(22)13-7-5-12(6-8-13)16(21)24-2/h5-8H,3-4,9-11H2,1-2H3. The summed E-state index contributed by atoms with van der Waals surface area (Å²) in [6.07, 6.45) is 1.60. The quantitative estimate of drug-likeness (QED) is 0.327. The lowest BCUT2D eigenvalue weighted by atomic mass is 10.1. The number of methoxy groups -OCH3 is 2. The number of hydrogen-bond donors (Lipinski definition) is 0. The minimum absolute atomic E-state index is 0.202. The normalized spacial score (nSPS) is 15.0. The van der Waals surface area contributed by atoms with E-state index < -0.39 is 36.1 Å². The Balaban J connectivity index is 2.06. The second-order valence-corrected chi connectivity index (χ2v) is 5.80. The van der Waals surface area contributed by atoms with Crippen LogP contribution in [0, 0.1) is 0 Å². The van der Waals surface area contributed by atoms with Crippen LogP contribution in [0.1, 0.15) is 52.8 Å². The fraction of sp³-hybridized carbons (Fsp3) is 0.444. The van der Waals surface area contributed by atoms with E-state index in [0.717, 1.165) is 12.8 Å². The number of benzene rings is 1. The molecule has 1 fully saturated rings. The van der Waals surface area contributed by atoms with E-state index in [9.17, 15) is 19.2 Å². The third-order valence-corrected chi connectivity index (χ3v) is 4.00. The number of hydrogen-bond acceptors (Lipinski definition) is 8.